The third kappa shape index (κ3) is 8.74. The van der Waals surface area contributed by atoms with Gasteiger partial charge in [-0.2, -0.15) is 4.31 Å². The first-order valence-electron chi connectivity index (χ1n) is 13.1. The number of benzene rings is 2. The summed E-state index contributed by atoms with van der Waals surface area (Å²) >= 11 is 6.08. The monoisotopic (exact) mass is 567 g/mol. The molecular weight excluding hydrogens is 529 g/mol. The Morgan fingerprint density at radius 1 is 1.05 bits per heavy atom. The van der Waals surface area contributed by atoms with Gasteiger partial charge in [-0.1, -0.05) is 36.6 Å². The van der Waals surface area contributed by atoms with Gasteiger partial charge in [0.1, 0.15) is 12.4 Å². The van der Waals surface area contributed by atoms with Crippen LogP contribution >= 0.6 is 11.6 Å². The van der Waals surface area contributed by atoms with Crippen molar-refractivity contribution in [2.45, 2.75) is 43.0 Å². The molecule has 0 heterocycles. The first kappa shape index (κ1) is 30.5. The number of halogens is 2. The van der Waals surface area contributed by atoms with Gasteiger partial charge in [0.15, 0.2) is 0 Å². The Labute approximate surface area is 231 Å². The maximum Gasteiger partial charge on any atom is 0.245 e. The van der Waals surface area contributed by atoms with E-state index in [2.05, 4.69) is 36.4 Å². The molecule has 0 aliphatic heterocycles. The summed E-state index contributed by atoms with van der Waals surface area (Å²) in [6.07, 6.45) is 5.53. The van der Waals surface area contributed by atoms with E-state index in [-0.39, 0.29) is 30.6 Å². The van der Waals surface area contributed by atoms with Crippen LogP contribution < -0.4 is 5.32 Å². The zero-order valence-electron chi connectivity index (χ0n) is 22.4. The van der Waals surface area contributed by atoms with Crippen LogP contribution in [0.3, 0.4) is 0 Å². The minimum absolute atomic E-state index is 0.00962. The topological polar surface area (TPSA) is 79.0 Å². The molecule has 0 bridgehead atoms. The largest absolute Gasteiger partial charge is 0.370 e. The lowest BCUT2D eigenvalue weighted by molar-refractivity contribution is -0.125. The number of likely N-dealkylation sites (N-methyl/N-ethyl adjacent to an activating group) is 1. The number of ether oxygens (including phenoxy) is 1. The number of nitrogens with zero attached hydrogens (tertiary/aromatic N) is 2. The summed E-state index contributed by atoms with van der Waals surface area (Å²) in [5, 5.41) is 3.66. The predicted molar refractivity (Wildman–Crippen MR) is 148 cm³/mol. The van der Waals surface area contributed by atoms with Crippen LogP contribution in [0.5, 0.6) is 0 Å². The van der Waals surface area contributed by atoms with Gasteiger partial charge in [-0.05, 0) is 87.2 Å². The second-order valence-electron chi connectivity index (χ2n) is 10.2. The van der Waals surface area contributed by atoms with E-state index in [1.54, 1.807) is 0 Å². The Bertz CT molecular complexity index is 1120. The number of carbonyl (C=O) groups is 1. The quantitative estimate of drug-likeness (QED) is 0.354. The van der Waals surface area contributed by atoms with Crippen LogP contribution in [0.25, 0.3) is 0 Å². The Morgan fingerprint density at radius 2 is 1.68 bits per heavy atom. The fourth-order valence-corrected chi connectivity index (χ4v) is 6.46. The summed E-state index contributed by atoms with van der Waals surface area (Å²) in [6.45, 7) is 0.642. The smallest absolute Gasteiger partial charge is 0.245 e. The van der Waals surface area contributed by atoms with Gasteiger partial charge < -0.3 is 15.0 Å². The molecule has 3 rings (SSSR count). The lowest BCUT2D eigenvalue weighted by atomic mass is 9.75. The minimum Gasteiger partial charge on any atom is -0.370 e. The molecule has 0 radical (unpaired) electrons. The highest BCUT2D eigenvalue weighted by Gasteiger charge is 2.30. The summed E-state index contributed by atoms with van der Waals surface area (Å²) in [7, 11) is 1.95. The van der Waals surface area contributed by atoms with E-state index in [0.717, 1.165) is 53.6 Å². The van der Waals surface area contributed by atoms with Crippen LogP contribution in [0.1, 0.15) is 43.7 Å². The average molecular weight is 568 g/mol. The zero-order chi connectivity index (χ0) is 27.7. The Hall–Kier alpha value is -2.04. The third-order valence-corrected chi connectivity index (χ3v) is 9.41. The molecule has 210 valence electrons. The minimum atomic E-state index is -3.74. The van der Waals surface area contributed by atoms with Crippen molar-refractivity contribution in [1.29, 1.82) is 0 Å². The van der Waals surface area contributed by atoms with Crippen LogP contribution in [0.4, 0.5) is 4.39 Å². The van der Waals surface area contributed by atoms with Gasteiger partial charge in [-0.3, -0.25) is 4.79 Å². The number of hydrogen-bond acceptors (Lipinski definition) is 5. The van der Waals surface area contributed by atoms with Gasteiger partial charge in [-0.25, -0.2) is 12.8 Å². The van der Waals surface area contributed by atoms with Crippen LogP contribution in [0, 0.1) is 17.7 Å². The third-order valence-electron chi connectivity index (χ3n) is 7.29. The molecule has 0 spiro atoms. The fraction of sp³-hybridized carbons (Fsp3) is 0.536. The number of sulfonamides is 1. The van der Waals surface area contributed by atoms with Crippen molar-refractivity contribution in [1.82, 2.24) is 14.5 Å². The predicted octanol–water partition coefficient (Wildman–Crippen LogP) is 4.73. The second kappa shape index (κ2) is 14.4. The summed E-state index contributed by atoms with van der Waals surface area (Å²) < 4.78 is 44.6. The number of nitrogens with one attached hydrogen (secondary N) is 1. The van der Waals surface area contributed by atoms with Gasteiger partial charge >= 0.3 is 0 Å². The number of hydrogen-bond donors (Lipinski definition) is 1. The molecule has 1 amide bonds. The molecule has 38 heavy (non-hydrogen) atoms. The molecule has 1 aliphatic carbocycles. The summed E-state index contributed by atoms with van der Waals surface area (Å²) in [5.74, 6) is 0.472. The van der Waals surface area contributed by atoms with Crippen molar-refractivity contribution in [3.8, 4) is 0 Å². The maximum absolute atomic E-state index is 13.1. The molecule has 7 nitrogen and oxygen atoms in total. The highest BCUT2D eigenvalue weighted by Crippen LogP contribution is 2.40. The summed E-state index contributed by atoms with van der Waals surface area (Å²) in [6, 6.07) is 13.2. The van der Waals surface area contributed by atoms with E-state index < -0.39 is 15.8 Å². The van der Waals surface area contributed by atoms with Gasteiger partial charge in [-0.15, -0.1) is 0 Å². The van der Waals surface area contributed by atoms with Crippen molar-refractivity contribution in [3.05, 3.63) is 64.9 Å². The second-order valence-corrected chi connectivity index (χ2v) is 12.7. The first-order valence-corrected chi connectivity index (χ1v) is 14.9. The highest BCUT2D eigenvalue weighted by molar-refractivity contribution is 7.89. The molecule has 1 unspecified atom stereocenters. The molecule has 1 aliphatic rings. The van der Waals surface area contributed by atoms with Crippen LogP contribution in [0.2, 0.25) is 5.02 Å². The summed E-state index contributed by atoms with van der Waals surface area (Å²) in [4.78, 5) is 14.5. The fourth-order valence-electron chi connectivity index (χ4n) is 5.18. The highest BCUT2D eigenvalue weighted by atomic mass is 35.5. The molecule has 0 aromatic heterocycles. The molecule has 0 saturated heterocycles. The summed E-state index contributed by atoms with van der Waals surface area (Å²) in [5.41, 5.74) is 1.30. The van der Waals surface area contributed by atoms with Crippen molar-refractivity contribution < 1.29 is 22.3 Å². The van der Waals surface area contributed by atoms with E-state index >= 15 is 0 Å². The van der Waals surface area contributed by atoms with Crippen LogP contribution in [-0.2, 0) is 19.6 Å². The van der Waals surface area contributed by atoms with E-state index in [1.165, 1.54) is 24.7 Å². The Morgan fingerprint density at radius 3 is 2.29 bits per heavy atom. The van der Waals surface area contributed by atoms with E-state index in [9.17, 15) is 17.6 Å². The number of rotatable bonds is 13. The van der Waals surface area contributed by atoms with Crippen molar-refractivity contribution in [3.63, 3.8) is 0 Å². The molecule has 10 heteroatoms. The van der Waals surface area contributed by atoms with Crippen molar-refractivity contribution in [2.24, 2.45) is 11.8 Å². The first-order chi connectivity index (χ1) is 18.1. The van der Waals surface area contributed by atoms with E-state index in [4.69, 9.17) is 16.3 Å². The van der Waals surface area contributed by atoms with Crippen LogP contribution in [0.15, 0.2) is 53.4 Å². The number of amides is 1. The Kier molecular flexibility index (Phi) is 11.5. The van der Waals surface area contributed by atoms with Gasteiger partial charge in [0.05, 0.1) is 11.5 Å². The van der Waals surface area contributed by atoms with Gasteiger partial charge in [0.2, 0.25) is 15.9 Å². The molecule has 1 fully saturated rings. The van der Waals surface area contributed by atoms with Gasteiger partial charge in [0, 0.05) is 31.2 Å². The average Bonchev–Trinajstić information content (AvgIpc) is 2.88. The zero-order valence-corrected chi connectivity index (χ0v) is 24.0. The lowest BCUT2D eigenvalue weighted by Crippen LogP contribution is -2.34. The normalized spacial score (nSPS) is 19.0. The molecule has 2 aromatic rings. The lowest BCUT2D eigenvalue weighted by Gasteiger charge is -2.37. The van der Waals surface area contributed by atoms with E-state index in [0.29, 0.717) is 24.4 Å². The molecule has 1 atom stereocenters. The van der Waals surface area contributed by atoms with Crippen molar-refractivity contribution >= 4 is 27.5 Å². The molecule has 2 aromatic carbocycles. The van der Waals surface area contributed by atoms with E-state index in [1.807, 2.05) is 12.1 Å². The molecule has 1 saturated carbocycles. The maximum atomic E-state index is 13.1. The Balaban J connectivity index is 1.31. The SMILES string of the molecule is CN(C)C(c1ccc(Cl)cc1)C1CCC(CCNC(=O)COCCN(C)S(=O)(=O)c2ccc(F)cc2)CC1. The number of carbonyl (C=O) groups excluding carboxylic acids is 1. The standard InChI is InChI=1S/C28H39ClFN3O4S/c1-32(2)28(23-8-10-24(29)11-9-23)22-6-4-21(5-7-22)16-17-31-27(34)20-37-19-18-33(3)38(35,36)26-14-12-25(30)13-15-26/h8-15,21-22,28H,4-7,16-20H2,1-3H3,(H,31,34). The van der Waals surface area contributed by atoms with Gasteiger partial charge in [0.25, 0.3) is 0 Å². The van der Waals surface area contributed by atoms with Crippen LogP contribution in [-0.4, -0.2) is 71.0 Å². The van der Waals surface area contributed by atoms with Crippen molar-refractivity contribution in [2.75, 3.05) is 47.4 Å². The molecule has 1 N–H and O–H groups in total. The molecular formula is C28H39ClFN3O4S.